The molecular formula is C19H28O2. The highest BCUT2D eigenvalue weighted by molar-refractivity contribution is 5.80. The molecule has 3 aliphatic carbocycles. The molecule has 2 nitrogen and oxygen atoms in total. The predicted molar refractivity (Wildman–Crippen MR) is 84.7 cm³/mol. The molecule has 0 aromatic rings. The molecular weight excluding hydrogens is 260 g/mol. The van der Waals surface area contributed by atoms with E-state index in [1.165, 1.54) is 12.0 Å². The van der Waals surface area contributed by atoms with Crippen molar-refractivity contribution in [1.82, 2.24) is 0 Å². The Morgan fingerprint density at radius 3 is 2.76 bits per heavy atom. The number of hydrogen-bond donors (Lipinski definition) is 1. The zero-order valence-corrected chi connectivity index (χ0v) is 13.6. The Morgan fingerprint density at radius 2 is 2.10 bits per heavy atom. The normalized spacial score (nSPS) is 45.3. The van der Waals surface area contributed by atoms with Crippen LogP contribution in [0, 0.1) is 28.6 Å². The van der Waals surface area contributed by atoms with Crippen LogP contribution < -0.4 is 0 Å². The van der Waals surface area contributed by atoms with Gasteiger partial charge in [0, 0.05) is 18.3 Å². The van der Waals surface area contributed by atoms with Gasteiger partial charge in [0.05, 0.1) is 6.10 Å². The fraction of sp³-hybridized carbons (Fsp3) is 0.737. The molecule has 5 atom stereocenters. The molecule has 2 saturated carbocycles. The first-order valence-corrected chi connectivity index (χ1v) is 8.32. The zero-order chi connectivity index (χ0) is 15.4. The number of hydrogen-bond acceptors (Lipinski definition) is 2. The first-order valence-electron chi connectivity index (χ1n) is 8.32. The Hall–Kier alpha value is -0.890. The third kappa shape index (κ3) is 2.32. The summed E-state index contributed by atoms with van der Waals surface area (Å²) < 4.78 is 0. The highest BCUT2D eigenvalue weighted by Crippen LogP contribution is 2.56. The van der Waals surface area contributed by atoms with Gasteiger partial charge in [-0.3, -0.25) is 4.79 Å². The molecule has 0 saturated heterocycles. The van der Waals surface area contributed by atoms with E-state index >= 15 is 0 Å². The van der Waals surface area contributed by atoms with Crippen molar-refractivity contribution in [2.24, 2.45) is 28.6 Å². The number of fused-ring (bicyclic) bond motifs is 3. The van der Waals surface area contributed by atoms with Crippen molar-refractivity contribution in [3.63, 3.8) is 0 Å². The largest absolute Gasteiger partial charge is 0.392 e. The second-order valence-corrected chi connectivity index (χ2v) is 8.36. The molecule has 0 bridgehead atoms. The van der Waals surface area contributed by atoms with Gasteiger partial charge in [0.15, 0.2) is 0 Å². The van der Waals surface area contributed by atoms with Crippen LogP contribution in [0.5, 0.6) is 0 Å². The van der Waals surface area contributed by atoms with E-state index in [9.17, 15) is 9.90 Å². The highest BCUT2D eigenvalue weighted by atomic mass is 16.3. The van der Waals surface area contributed by atoms with E-state index in [1.54, 1.807) is 0 Å². The molecule has 0 unspecified atom stereocenters. The van der Waals surface area contributed by atoms with Crippen molar-refractivity contribution in [3.05, 3.63) is 24.3 Å². The number of carbonyl (C=O) groups is 1. The van der Waals surface area contributed by atoms with Crippen molar-refractivity contribution in [1.29, 1.82) is 0 Å². The fourth-order valence-corrected chi connectivity index (χ4v) is 5.20. The van der Waals surface area contributed by atoms with Crippen molar-refractivity contribution >= 4 is 5.78 Å². The van der Waals surface area contributed by atoms with Gasteiger partial charge in [0.2, 0.25) is 0 Å². The summed E-state index contributed by atoms with van der Waals surface area (Å²) in [4.78, 5) is 12.2. The Kier molecular flexibility index (Phi) is 3.44. The molecule has 0 amide bonds. The third-order valence-corrected chi connectivity index (χ3v) is 6.51. The summed E-state index contributed by atoms with van der Waals surface area (Å²) in [5, 5.41) is 10.6. The van der Waals surface area contributed by atoms with E-state index < -0.39 is 0 Å². The molecule has 3 rings (SSSR count). The lowest BCUT2D eigenvalue weighted by molar-refractivity contribution is -0.130. The number of rotatable bonds is 1. The minimum absolute atomic E-state index is 0.121. The second-order valence-electron chi connectivity index (χ2n) is 8.36. The van der Waals surface area contributed by atoms with Gasteiger partial charge in [-0.2, -0.15) is 0 Å². The maximum atomic E-state index is 12.2. The number of aliphatic hydroxyl groups is 1. The van der Waals surface area contributed by atoms with Gasteiger partial charge >= 0.3 is 0 Å². The first-order chi connectivity index (χ1) is 9.77. The molecule has 2 fully saturated rings. The van der Waals surface area contributed by atoms with Crippen LogP contribution in [-0.2, 0) is 4.79 Å². The summed E-state index contributed by atoms with van der Waals surface area (Å²) in [6, 6.07) is 0. The number of Topliss-reactive ketones (excluding diaryl/α,β-unsaturated/α-hetero) is 1. The Morgan fingerprint density at radius 1 is 1.38 bits per heavy atom. The van der Waals surface area contributed by atoms with Crippen LogP contribution in [0.3, 0.4) is 0 Å². The molecule has 0 radical (unpaired) electrons. The molecule has 0 aliphatic heterocycles. The number of aliphatic hydroxyl groups excluding tert-OH is 1. The quantitative estimate of drug-likeness (QED) is 0.743. The summed E-state index contributed by atoms with van der Waals surface area (Å²) in [7, 11) is 0. The number of allylic oxidation sites excluding steroid dienone is 1. The van der Waals surface area contributed by atoms with E-state index in [0.29, 0.717) is 30.0 Å². The molecule has 116 valence electrons. The monoisotopic (exact) mass is 288 g/mol. The minimum Gasteiger partial charge on any atom is -0.392 e. The van der Waals surface area contributed by atoms with Crippen LogP contribution >= 0.6 is 0 Å². The second kappa shape index (κ2) is 4.81. The molecule has 0 aromatic heterocycles. The maximum Gasteiger partial charge on any atom is 0.133 e. The van der Waals surface area contributed by atoms with Crippen molar-refractivity contribution < 1.29 is 9.90 Å². The predicted octanol–water partition coefficient (Wildman–Crippen LogP) is 3.90. The first kappa shape index (κ1) is 15.0. The van der Waals surface area contributed by atoms with Crippen molar-refractivity contribution in [2.75, 3.05) is 0 Å². The zero-order valence-electron chi connectivity index (χ0n) is 13.6. The molecule has 3 aliphatic rings. The van der Waals surface area contributed by atoms with E-state index in [-0.39, 0.29) is 16.9 Å². The van der Waals surface area contributed by atoms with Gasteiger partial charge in [-0.25, -0.2) is 0 Å². The fourth-order valence-electron chi connectivity index (χ4n) is 5.20. The highest BCUT2D eigenvalue weighted by Gasteiger charge is 2.50. The molecule has 0 aromatic carbocycles. The molecule has 21 heavy (non-hydrogen) atoms. The molecule has 1 N–H and O–H groups in total. The van der Waals surface area contributed by atoms with Gasteiger partial charge < -0.3 is 5.11 Å². The smallest absolute Gasteiger partial charge is 0.133 e. The summed E-state index contributed by atoms with van der Waals surface area (Å²) in [5.41, 5.74) is 1.29. The van der Waals surface area contributed by atoms with Gasteiger partial charge in [0.25, 0.3) is 0 Å². The van der Waals surface area contributed by atoms with Crippen LogP contribution in [-0.4, -0.2) is 17.0 Å². The van der Waals surface area contributed by atoms with Crippen LogP contribution in [0.15, 0.2) is 24.3 Å². The van der Waals surface area contributed by atoms with E-state index in [4.69, 9.17) is 0 Å². The van der Waals surface area contributed by atoms with Crippen LogP contribution in [0.1, 0.15) is 52.9 Å². The van der Waals surface area contributed by atoms with Gasteiger partial charge in [0.1, 0.15) is 5.78 Å². The standard InChI is InChI=1S/C19H28O2/c1-5-19(4)10-12-6-7-16-15(14(12)9-17(19)21)8-13(20)11-18(16,2)3/h5,10,14-17,21H,1,6-9,11H2,2-4H3/t14-,15+,16+,17+,19-/m1/s1. The van der Waals surface area contributed by atoms with Gasteiger partial charge in [-0.05, 0) is 42.4 Å². The topological polar surface area (TPSA) is 37.3 Å². The lowest BCUT2D eigenvalue weighted by Crippen LogP contribution is -2.48. The molecule has 2 heteroatoms. The number of ketones is 1. The summed E-state index contributed by atoms with van der Waals surface area (Å²) >= 11 is 0. The third-order valence-electron chi connectivity index (χ3n) is 6.51. The lowest BCUT2D eigenvalue weighted by Gasteiger charge is -2.53. The lowest BCUT2D eigenvalue weighted by atomic mass is 9.52. The van der Waals surface area contributed by atoms with Gasteiger partial charge in [-0.1, -0.05) is 38.5 Å². The van der Waals surface area contributed by atoms with E-state index in [2.05, 4.69) is 33.4 Å². The van der Waals surface area contributed by atoms with Crippen molar-refractivity contribution in [3.8, 4) is 0 Å². The Balaban J connectivity index is 1.95. The molecule has 0 heterocycles. The van der Waals surface area contributed by atoms with E-state index in [0.717, 1.165) is 19.3 Å². The summed E-state index contributed by atoms with van der Waals surface area (Å²) in [6.07, 6.45) is 8.31. The average molecular weight is 288 g/mol. The van der Waals surface area contributed by atoms with Crippen LogP contribution in [0.4, 0.5) is 0 Å². The number of carbonyl (C=O) groups excluding carboxylic acids is 1. The Labute approximate surface area is 128 Å². The average Bonchev–Trinajstić information content (AvgIpc) is 2.39. The van der Waals surface area contributed by atoms with Gasteiger partial charge in [-0.15, -0.1) is 6.58 Å². The molecule has 0 spiro atoms. The maximum absolute atomic E-state index is 12.2. The van der Waals surface area contributed by atoms with Crippen molar-refractivity contribution in [2.45, 2.75) is 59.0 Å². The van der Waals surface area contributed by atoms with E-state index in [1.807, 2.05) is 6.08 Å². The van der Waals surface area contributed by atoms with Crippen LogP contribution in [0.2, 0.25) is 0 Å². The minimum atomic E-state index is -0.373. The summed E-state index contributed by atoms with van der Waals surface area (Å²) in [6.45, 7) is 10.5. The summed E-state index contributed by atoms with van der Waals surface area (Å²) in [5.74, 6) is 1.87. The SMILES string of the molecule is C=C[C@]1(C)C=C2CC[C@H]3[C@@H](CC(=O)CC3(C)C)[C@@H]2C[C@@H]1O. The Bertz CT molecular complexity index is 502. The van der Waals surface area contributed by atoms with Crippen LogP contribution in [0.25, 0.3) is 0 Å².